The molecule has 0 amide bonds. The maximum absolute atomic E-state index is 11.5. The highest BCUT2D eigenvalue weighted by atomic mass is 16.3. The second-order valence-corrected chi connectivity index (χ2v) is 11.4. The molecule has 0 saturated heterocycles. The summed E-state index contributed by atoms with van der Waals surface area (Å²) >= 11 is 0. The molecule has 0 aromatic heterocycles. The fraction of sp³-hybridized carbons (Fsp3) is 0.250. The minimum absolute atomic E-state index is 0.326. The van der Waals surface area contributed by atoms with Crippen LogP contribution in [-0.4, -0.2) is 20.4 Å². The van der Waals surface area contributed by atoms with Crippen LogP contribution in [0.1, 0.15) is 89.0 Å². The third-order valence-corrected chi connectivity index (χ3v) is 9.72. The maximum Gasteiger partial charge on any atom is 0.123 e. The Morgan fingerprint density at radius 3 is 0.611 bits per heavy atom. The van der Waals surface area contributed by atoms with Crippen molar-refractivity contribution < 1.29 is 20.4 Å². The molecule has 0 heterocycles. The third kappa shape index (κ3) is 2.18. The van der Waals surface area contributed by atoms with Gasteiger partial charge in [0.1, 0.15) is 23.0 Å². The Kier molecular flexibility index (Phi) is 3.25. The minimum atomic E-state index is 0.326. The lowest BCUT2D eigenvalue weighted by atomic mass is 9.72. The van der Waals surface area contributed by atoms with E-state index in [0.29, 0.717) is 74.4 Å². The number of hydrogen-bond donors (Lipinski definition) is 4. The van der Waals surface area contributed by atoms with Gasteiger partial charge in [-0.15, -0.1) is 0 Å². The van der Waals surface area contributed by atoms with Crippen LogP contribution in [0.3, 0.4) is 0 Å². The molecule has 176 valence electrons. The monoisotopic (exact) mass is 472 g/mol. The highest BCUT2D eigenvalue weighted by Crippen LogP contribution is 2.50. The van der Waals surface area contributed by atoms with Gasteiger partial charge in [0.25, 0.3) is 0 Å². The Hall–Kier alpha value is -3.92. The Labute approximate surface area is 208 Å². The maximum atomic E-state index is 11.5. The second-order valence-electron chi connectivity index (χ2n) is 11.4. The predicted octanol–water partition coefficient (Wildman–Crippen LogP) is 4.80. The van der Waals surface area contributed by atoms with Crippen LogP contribution in [0.25, 0.3) is 0 Å². The molecule has 4 aromatic rings. The number of rotatable bonds is 0. The number of hydrogen-bond acceptors (Lipinski definition) is 4. The van der Waals surface area contributed by atoms with E-state index in [1.54, 1.807) is 0 Å². The molecule has 36 heavy (non-hydrogen) atoms. The SMILES string of the molecule is Oc1c2c3cc4c1Cc1c(cc5c(c1O)Cc1c(cc6c(c1O)Cc1c(cc(c(c1O)C2)C3)C6)C5)C4. The van der Waals surface area contributed by atoms with E-state index in [9.17, 15) is 20.4 Å². The topological polar surface area (TPSA) is 80.9 Å². The fourth-order valence-electron chi connectivity index (χ4n) is 7.85. The molecule has 0 aliphatic heterocycles. The fourth-order valence-corrected chi connectivity index (χ4v) is 7.85. The molecule has 8 rings (SSSR count). The van der Waals surface area contributed by atoms with Crippen LogP contribution in [0, 0.1) is 0 Å². The Balaban J connectivity index is 1.40. The summed E-state index contributed by atoms with van der Waals surface area (Å²) in [6.07, 6.45) is 4.75. The van der Waals surface area contributed by atoms with Gasteiger partial charge in [0.05, 0.1) is 0 Å². The van der Waals surface area contributed by atoms with Gasteiger partial charge in [0.2, 0.25) is 0 Å². The lowest BCUT2D eigenvalue weighted by Gasteiger charge is -2.33. The Morgan fingerprint density at radius 2 is 0.444 bits per heavy atom. The molecule has 0 radical (unpaired) electrons. The summed E-state index contributed by atoms with van der Waals surface area (Å²) in [7, 11) is 0. The van der Waals surface area contributed by atoms with E-state index < -0.39 is 0 Å². The van der Waals surface area contributed by atoms with E-state index in [4.69, 9.17) is 0 Å². The summed E-state index contributed by atoms with van der Waals surface area (Å²) in [5.74, 6) is 1.31. The van der Waals surface area contributed by atoms with Crippen LogP contribution in [0.15, 0.2) is 24.3 Å². The molecular formula is C32H24O4. The zero-order valence-electron chi connectivity index (χ0n) is 19.8. The molecule has 4 aliphatic carbocycles. The summed E-state index contributed by atoms with van der Waals surface area (Å²) in [4.78, 5) is 0. The number of fused-ring (bicyclic) bond motifs is 8. The van der Waals surface area contributed by atoms with E-state index >= 15 is 0 Å². The van der Waals surface area contributed by atoms with Crippen LogP contribution in [-0.2, 0) is 51.4 Å². The van der Waals surface area contributed by atoms with E-state index in [1.165, 1.54) is 0 Å². The van der Waals surface area contributed by atoms with Gasteiger partial charge in [-0.1, -0.05) is 24.3 Å². The van der Waals surface area contributed by atoms with Crippen molar-refractivity contribution in [1.82, 2.24) is 0 Å². The molecule has 4 aromatic carbocycles. The summed E-state index contributed by atoms with van der Waals surface area (Å²) in [6, 6.07) is 9.02. The second kappa shape index (κ2) is 6.07. The normalized spacial score (nSPS) is 16.4. The summed E-state index contributed by atoms with van der Waals surface area (Å²) in [5, 5.41) is 46.0. The highest BCUT2D eigenvalue weighted by molar-refractivity contribution is 5.70. The van der Waals surface area contributed by atoms with Crippen LogP contribution in [0.2, 0.25) is 0 Å². The largest absolute Gasteiger partial charge is 0.507 e. The zero-order chi connectivity index (χ0) is 24.0. The van der Waals surface area contributed by atoms with E-state index in [1.807, 2.05) is 0 Å². The molecule has 0 unspecified atom stereocenters. The average Bonchev–Trinajstić information content (AvgIpc) is 2.86. The zero-order valence-corrected chi connectivity index (χ0v) is 19.8. The van der Waals surface area contributed by atoms with Crippen molar-refractivity contribution in [3.05, 3.63) is 113 Å². The molecule has 0 fully saturated rings. The first-order valence-electron chi connectivity index (χ1n) is 12.9. The Bertz CT molecular complexity index is 1410. The van der Waals surface area contributed by atoms with Crippen molar-refractivity contribution in [2.75, 3.05) is 0 Å². The molecule has 4 N–H and O–H groups in total. The molecular weight excluding hydrogens is 448 g/mol. The van der Waals surface area contributed by atoms with Gasteiger partial charge in [-0.25, -0.2) is 0 Å². The number of phenolic OH excluding ortho intramolecular Hbond substituents is 4. The number of benzene rings is 4. The molecule has 4 nitrogen and oxygen atoms in total. The predicted molar refractivity (Wildman–Crippen MR) is 135 cm³/mol. The van der Waals surface area contributed by atoms with Crippen LogP contribution in [0.5, 0.6) is 23.0 Å². The van der Waals surface area contributed by atoms with Crippen LogP contribution in [0.4, 0.5) is 0 Å². The van der Waals surface area contributed by atoms with Crippen molar-refractivity contribution in [2.24, 2.45) is 0 Å². The molecule has 0 spiro atoms. The first-order valence-corrected chi connectivity index (χ1v) is 12.9. The van der Waals surface area contributed by atoms with Crippen molar-refractivity contribution in [2.45, 2.75) is 51.4 Å². The lowest BCUT2D eigenvalue weighted by Crippen LogP contribution is -2.20. The summed E-state index contributed by atoms with van der Waals surface area (Å²) in [5.41, 5.74) is 16.3. The van der Waals surface area contributed by atoms with Gasteiger partial charge in [-0.3, -0.25) is 0 Å². The first kappa shape index (κ1) is 19.3. The van der Waals surface area contributed by atoms with Crippen molar-refractivity contribution in [3.8, 4) is 23.0 Å². The van der Waals surface area contributed by atoms with E-state index in [0.717, 1.165) is 89.0 Å². The van der Waals surface area contributed by atoms with Gasteiger partial charge in [0, 0.05) is 70.2 Å². The quantitative estimate of drug-likeness (QED) is 0.256. The average molecular weight is 473 g/mol. The van der Waals surface area contributed by atoms with Crippen LogP contribution >= 0.6 is 0 Å². The molecule has 0 atom stereocenters. The number of aromatic hydroxyl groups is 4. The molecule has 0 saturated carbocycles. The highest BCUT2D eigenvalue weighted by Gasteiger charge is 2.34. The standard InChI is InChI=1S/C32H24O4/c33-29-21-9-22-14-1-13(21)5-15-2-17-7-19-4-20-8-18-3-16(6-14)24(30(22)34)11-26(18)32(36)28(20)12-27(19)31(35)25(17)10-23(15)29/h5-8,33-36H,1-4,9-12H2. The Morgan fingerprint density at radius 1 is 0.278 bits per heavy atom. The third-order valence-electron chi connectivity index (χ3n) is 9.72. The van der Waals surface area contributed by atoms with Gasteiger partial charge in [-0.05, 0) is 70.2 Å². The van der Waals surface area contributed by atoms with Gasteiger partial charge in [0.15, 0.2) is 0 Å². The number of phenols is 4. The summed E-state index contributed by atoms with van der Waals surface area (Å²) in [6.45, 7) is 0. The lowest BCUT2D eigenvalue weighted by molar-refractivity contribution is 0.444. The minimum Gasteiger partial charge on any atom is -0.507 e. The van der Waals surface area contributed by atoms with Crippen molar-refractivity contribution >= 4 is 0 Å². The van der Waals surface area contributed by atoms with E-state index in [2.05, 4.69) is 24.3 Å². The molecule has 0 bridgehead atoms. The summed E-state index contributed by atoms with van der Waals surface area (Å²) < 4.78 is 0. The van der Waals surface area contributed by atoms with Crippen molar-refractivity contribution in [1.29, 1.82) is 0 Å². The van der Waals surface area contributed by atoms with E-state index in [-0.39, 0.29) is 0 Å². The van der Waals surface area contributed by atoms with Gasteiger partial charge < -0.3 is 20.4 Å². The first-order chi connectivity index (χ1) is 17.4. The van der Waals surface area contributed by atoms with Gasteiger partial charge in [-0.2, -0.15) is 0 Å². The van der Waals surface area contributed by atoms with Crippen LogP contribution < -0.4 is 0 Å². The molecule has 4 aliphatic rings. The van der Waals surface area contributed by atoms with Gasteiger partial charge >= 0.3 is 0 Å². The van der Waals surface area contributed by atoms with Crippen molar-refractivity contribution in [3.63, 3.8) is 0 Å². The molecule has 4 heteroatoms. The smallest absolute Gasteiger partial charge is 0.123 e.